The number of nitrogens with zero attached hydrogens (tertiary/aromatic N) is 1. The van der Waals surface area contributed by atoms with Crippen molar-refractivity contribution in [1.29, 1.82) is 0 Å². The molecule has 3 aliphatic heterocycles. The summed E-state index contributed by atoms with van der Waals surface area (Å²) in [5, 5.41) is 0. The van der Waals surface area contributed by atoms with Crippen LogP contribution in [0.1, 0.15) is 71.6 Å². The molecule has 3 saturated heterocycles. The summed E-state index contributed by atoms with van der Waals surface area (Å²) >= 11 is 0. The molecule has 5 nitrogen and oxygen atoms in total. The Morgan fingerprint density at radius 1 is 1.22 bits per heavy atom. The molecular formula is C18H31NO4. The number of rotatable bonds is 6. The topological polar surface area (TPSA) is 48.0 Å². The van der Waals surface area contributed by atoms with Crippen LogP contribution in [0.4, 0.5) is 4.79 Å². The number of piperidine rings is 1. The highest BCUT2D eigenvalue weighted by atomic mass is 16.7. The molecule has 23 heavy (non-hydrogen) atoms. The monoisotopic (exact) mass is 325 g/mol. The van der Waals surface area contributed by atoms with Gasteiger partial charge in [0.05, 0.1) is 13.2 Å². The molecule has 0 aliphatic carbocycles. The van der Waals surface area contributed by atoms with E-state index in [0.717, 1.165) is 51.4 Å². The lowest BCUT2D eigenvalue weighted by atomic mass is 9.88. The molecule has 1 amide bonds. The number of carbonyl (C=O) groups excluding carboxylic acids is 1. The van der Waals surface area contributed by atoms with Crippen molar-refractivity contribution in [2.45, 2.75) is 95.6 Å². The van der Waals surface area contributed by atoms with Crippen LogP contribution in [-0.4, -0.2) is 48.2 Å². The molecule has 0 saturated carbocycles. The highest BCUT2D eigenvalue weighted by Crippen LogP contribution is 2.35. The Morgan fingerprint density at radius 2 is 2.00 bits per heavy atom. The van der Waals surface area contributed by atoms with E-state index in [1.54, 1.807) is 0 Å². The van der Waals surface area contributed by atoms with E-state index in [1.165, 1.54) is 6.42 Å². The third-order valence-corrected chi connectivity index (χ3v) is 5.55. The van der Waals surface area contributed by atoms with Crippen LogP contribution in [-0.2, 0) is 14.2 Å². The molecule has 0 aromatic carbocycles. The average molecular weight is 325 g/mol. The average Bonchev–Trinajstić information content (AvgIpc) is 2.94. The van der Waals surface area contributed by atoms with E-state index >= 15 is 0 Å². The molecule has 0 bridgehead atoms. The van der Waals surface area contributed by atoms with Crippen LogP contribution in [0.5, 0.6) is 0 Å². The van der Waals surface area contributed by atoms with Gasteiger partial charge in [0.15, 0.2) is 5.79 Å². The van der Waals surface area contributed by atoms with Gasteiger partial charge >= 0.3 is 6.09 Å². The van der Waals surface area contributed by atoms with Crippen LogP contribution in [0.25, 0.3) is 0 Å². The number of hydrogen-bond acceptors (Lipinski definition) is 4. The standard InChI is InChI=1S/C18H31NO4/c1-3-6-16-13-15-8-4-7-14(19(15)17(20)23-16)9-5-10-18(2)21-11-12-22-18/h14-16H,3-13H2,1-2H3/t14-,15-,16-/m0/s1. The zero-order valence-corrected chi connectivity index (χ0v) is 14.6. The van der Waals surface area contributed by atoms with Crippen molar-refractivity contribution < 1.29 is 19.0 Å². The Kier molecular flexibility index (Phi) is 5.47. The van der Waals surface area contributed by atoms with Crippen molar-refractivity contribution >= 4 is 6.09 Å². The summed E-state index contributed by atoms with van der Waals surface area (Å²) in [4.78, 5) is 14.5. The molecule has 3 aliphatic rings. The molecule has 0 aromatic rings. The Labute approximate surface area is 139 Å². The van der Waals surface area contributed by atoms with Gasteiger partial charge in [-0.25, -0.2) is 4.79 Å². The first kappa shape index (κ1) is 17.0. The summed E-state index contributed by atoms with van der Waals surface area (Å²) in [7, 11) is 0. The number of fused-ring (bicyclic) bond motifs is 1. The van der Waals surface area contributed by atoms with Crippen LogP contribution >= 0.6 is 0 Å². The maximum Gasteiger partial charge on any atom is 0.410 e. The highest BCUT2D eigenvalue weighted by molar-refractivity contribution is 5.69. The predicted molar refractivity (Wildman–Crippen MR) is 87.2 cm³/mol. The highest BCUT2D eigenvalue weighted by Gasteiger charge is 2.41. The summed E-state index contributed by atoms with van der Waals surface area (Å²) in [5.41, 5.74) is 0. The van der Waals surface area contributed by atoms with Crippen molar-refractivity contribution in [3.63, 3.8) is 0 Å². The van der Waals surface area contributed by atoms with Crippen molar-refractivity contribution in [3.05, 3.63) is 0 Å². The Hall–Kier alpha value is -0.810. The number of amides is 1. The van der Waals surface area contributed by atoms with Gasteiger partial charge in [-0.2, -0.15) is 0 Å². The Bertz CT molecular complexity index is 408. The maximum atomic E-state index is 12.5. The van der Waals surface area contributed by atoms with Crippen molar-refractivity contribution in [2.24, 2.45) is 0 Å². The van der Waals surface area contributed by atoms with Crippen LogP contribution in [0.15, 0.2) is 0 Å². The lowest BCUT2D eigenvalue weighted by molar-refractivity contribution is -0.148. The van der Waals surface area contributed by atoms with Gasteiger partial charge < -0.3 is 19.1 Å². The summed E-state index contributed by atoms with van der Waals surface area (Å²) in [6.07, 6.45) is 9.54. The maximum absolute atomic E-state index is 12.5. The van der Waals surface area contributed by atoms with Gasteiger partial charge in [-0.3, -0.25) is 0 Å². The lowest BCUT2D eigenvalue weighted by Gasteiger charge is -2.46. The molecule has 0 unspecified atom stereocenters. The van der Waals surface area contributed by atoms with E-state index in [4.69, 9.17) is 14.2 Å². The predicted octanol–water partition coefficient (Wildman–Crippen LogP) is 3.85. The number of hydrogen-bond donors (Lipinski definition) is 0. The van der Waals surface area contributed by atoms with Gasteiger partial charge in [0.1, 0.15) is 6.10 Å². The normalized spacial score (nSPS) is 33.4. The van der Waals surface area contributed by atoms with E-state index in [1.807, 2.05) is 11.8 Å². The number of ether oxygens (including phenoxy) is 3. The van der Waals surface area contributed by atoms with E-state index in [-0.39, 0.29) is 12.2 Å². The fourth-order valence-corrected chi connectivity index (χ4v) is 4.39. The summed E-state index contributed by atoms with van der Waals surface area (Å²) in [6, 6.07) is 0.718. The molecule has 3 rings (SSSR count). The van der Waals surface area contributed by atoms with E-state index in [0.29, 0.717) is 25.3 Å². The first-order valence-electron chi connectivity index (χ1n) is 9.38. The fourth-order valence-electron chi connectivity index (χ4n) is 4.39. The second kappa shape index (κ2) is 7.39. The second-order valence-corrected chi connectivity index (χ2v) is 7.40. The largest absolute Gasteiger partial charge is 0.446 e. The van der Waals surface area contributed by atoms with Crippen LogP contribution in [0.3, 0.4) is 0 Å². The zero-order chi connectivity index (χ0) is 16.3. The Morgan fingerprint density at radius 3 is 2.74 bits per heavy atom. The molecule has 3 heterocycles. The van der Waals surface area contributed by atoms with Gasteiger partial charge in [0, 0.05) is 24.9 Å². The minimum Gasteiger partial charge on any atom is -0.446 e. The zero-order valence-electron chi connectivity index (χ0n) is 14.6. The third-order valence-electron chi connectivity index (χ3n) is 5.55. The minimum atomic E-state index is -0.414. The van der Waals surface area contributed by atoms with Crippen molar-refractivity contribution in [1.82, 2.24) is 4.90 Å². The smallest absolute Gasteiger partial charge is 0.410 e. The molecule has 3 fully saturated rings. The quantitative estimate of drug-likeness (QED) is 0.744. The third kappa shape index (κ3) is 4.00. The van der Waals surface area contributed by atoms with E-state index in [2.05, 4.69) is 6.92 Å². The molecular weight excluding hydrogens is 294 g/mol. The SMILES string of the molecule is CCC[C@H]1C[C@@H]2CCC[C@@H](CCCC3(C)OCCO3)N2C(=O)O1. The first-order chi connectivity index (χ1) is 11.1. The van der Waals surface area contributed by atoms with Gasteiger partial charge in [0.25, 0.3) is 0 Å². The van der Waals surface area contributed by atoms with Gasteiger partial charge in [-0.05, 0) is 45.4 Å². The Balaban J connectivity index is 1.52. The molecule has 0 aromatic heterocycles. The molecule has 5 heteroatoms. The van der Waals surface area contributed by atoms with Gasteiger partial charge in [-0.15, -0.1) is 0 Å². The van der Waals surface area contributed by atoms with Crippen molar-refractivity contribution in [3.8, 4) is 0 Å². The molecule has 0 radical (unpaired) electrons. The minimum absolute atomic E-state index is 0.0796. The summed E-state index contributed by atoms with van der Waals surface area (Å²) < 4.78 is 17.0. The lowest BCUT2D eigenvalue weighted by Crippen LogP contribution is -2.55. The molecule has 0 N–H and O–H groups in total. The summed E-state index contributed by atoms with van der Waals surface area (Å²) in [6.45, 7) is 5.56. The van der Waals surface area contributed by atoms with Crippen LogP contribution < -0.4 is 0 Å². The molecule has 3 atom stereocenters. The first-order valence-corrected chi connectivity index (χ1v) is 9.38. The van der Waals surface area contributed by atoms with Gasteiger partial charge in [-0.1, -0.05) is 13.3 Å². The number of carbonyl (C=O) groups is 1. The van der Waals surface area contributed by atoms with Crippen molar-refractivity contribution in [2.75, 3.05) is 13.2 Å². The molecule has 132 valence electrons. The van der Waals surface area contributed by atoms with Crippen LogP contribution in [0, 0.1) is 0 Å². The number of cyclic esters (lactones) is 1. The van der Waals surface area contributed by atoms with E-state index in [9.17, 15) is 4.79 Å². The summed E-state index contributed by atoms with van der Waals surface area (Å²) in [5.74, 6) is -0.414. The van der Waals surface area contributed by atoms with E-state index < -0.39 is 5.79 Å². The van der Waals surface area contributed by atoms with Gasteiger partial charge in [0.2, 0.25) is 0 Å². The van der Waals surface area contributed by atoms with Crippen LogP contribution in [0.2, 0.25) is 0 Å². The fraction of sp³-hybridized carbons (Fsp3) is 0.944. The molecule has 0 spiro atoms. The second-order valence-electron chi connectivity index (χ2n) is 7.40.